The average molecular weight is 245 g/mol. The summed E-state index contributed by atoms with van der Waals surface area (Å²) in [5.41, 5.74) is 6.51. The van der Waals surface area contributed by atoms with Gasteiger partial charge in [0, 0.05) is 10.9 Å². The standard InChI is InChI=1S/C11H11N5S/c1-6-13-8-3-2-7(4-9(8)14-6)10-5-17-11(15-10)16-12/h2-5H,12H2,1H3,(H,13,14)(H,15,16). The molecule has 1 aromatic carbocycles. The monoisotopic (exact) mass is 245 g/mol. The summed E-state index contributed by atoms with van der Waals surface area (Å²) < 4.78 is 0. The number of aryl methyl sites for hydroxylation is 1. The summed E-state index contributed by atoms with van der Waals surface area (Å²) in [6.07, 6.45) is 0. The second-order valence-electron chi connectivity index (χ2n) is 3.74. The van der Waals surface area contributed by atoms with E-state index in [9.17, 15) is 0 Å². The second-order valence-corrected chi connectivity index (χ2v) is 4.59. The van der Waals surface area contributed by atoms with Crippen molar-refractivity contribution in [3.05, 3.63) is 29.4 Å². The summed E-state index contributed by atoms with van der Waals surface area (Å²) in [5.74, 6) is 6.23. The van der Waals surface area contributed by atoms with Crippen molar-refractivity contribution < 1.29 is 0 Å². The Morgan fingerprint density at radius 3 is 3.00 bits per heavy atom. The predicted molar refractivity (Wildman–Crippen MR) is 69.7 cm³/mol. The largest absolute Gasteiger partial charge is 0.342 e. The zero-order valence-corrected chi connectivity index (χ0v) is 10.0. The van der Waals surface area contributed by atoms with Crippen molar-refractivity contribution in [1.29, 1.82) is 0 Å². The molecule has 0 aliphatic rings. The first-order valence-electron chi connectivity index (χ1n) is 5.15. The molecule has 2 aromatic heterocycles. The fourth-order valence-corrected chi connectivity index (χ4v) is 2.40. The van der Waals surface area contributed by atoms with Crippen LogP contribution < -0.4 is 11.3 Å². The first-order chi connectivity index (χ1) is 8.26. The first kappa shape index (κ1) is 10.2. The molecule has 0 unspecified atom stereocenters. The quantitative estimate of drug-likeness (QED) is 0.478. The third-order valence-electron chi connectivity index (χ3n) is 2.52. The van der Waals surface area contributed by atoms with Gasteiger partial charge in [0.1, 0.15) is 5.82 Å². The van der Waals surface area contributed by atoms with Crippen LogP contribution in [0.4, 0.5) is 5.13 Å². The van der Waals surface area contributed by atoms with E-state index in [2.05, 4.69) is 20.4 Å². The van der Waals surface area contributed by atoms with Gasteiger partial charge in [-0.3, -0.25) is 5.43 Å². The third kappa shape index (κ3) is 1.77. The highest BCUT2D eigenvalue weighted by Gasteiger charge is 2.06. The van der Waals surface area contributed by atoms with Crippen LogP contribution in [0.1, 0.15) is 5.82 Å². The highest BCUT2D eigenvalue weighted by atomic mass is 32.1. The number of hydrazine groups is 1. The van der Waals surface area contributed by atoms with Crippen LogP contribution in [-0.2, 0) is 0 Å². The zero-order valence-electron chi connectivity index (χ0n) is 9.19. The van der Waals surface area contributed by atoms with Crippen molar-refractivity contribution in [1.82, 2.24) is 15.0 Å². The molecule has 86 valence electrons. The summed E-state index contributed by atoms with van der Waals surface area (Å²) in [7, 11) is 0. The number of thiazole rings is 1. The van der Waals surface area contributed by atoms with Gasteiger partial charge in [-0.05, 0) is 19.1 Å². The molecule has 0 aliphatic heterocycles. The third-order valence-corrected chi connectivity index (χ3v) is 3.30. The molecule has 0 radical (unpaired) electrons. The fourth-order valence-electron chi connectivity index (χ4n) is 1.77. The van der Waals surface area contributed by atoms with Crippen molar-refractivity contribution in [2.75, 3.05) is 5.43 Å². The lowest BCUT2D eigenvalue weighted by molar-refractivity contribution is 1.17. The van der Waals surface area contributed by atoms with Crippen LogP contribution in [0.5, 0.6) is 0 Å². The summed E-state index contributed by atoms with van der Waals surface area (Å²) >= 11 is 1.48. The smallest absolute Gasteiger partial charge is 0.197 e. The fraction of sp³-hybridized carbons (Fsp3) is 0.0909. The number of anilines is 1. The number of nitrogens with two attached hydrogens (primary N) is 1. The van der Waals surface area contributed by atoms with Gasteiger partial charge in [-0.15, -0.1) is 11.3 Å². The van der Waals surface area contributed by atoms with Crippen LogP contribution in [0.15, 0.2) is 23.6 Å². The van der Waals surface area contributed by atoms with Gasteiger partial charge >= 0.3 is 0 Å². The van der Waals surface area contributed by atoms with Crippen LogP contribution in [0.3, 0.4) is 0 Å². The van der Waals surface area contributed by atoms with Crippen molar-refractivity contribution in [2.45, 2.75) is 6.92 Å². The van der Waals surface area contributed by atoms with E-state index >= 15 is 0 Å². The number of rotatable bonds is 2. The molecule has 0 saturated heterocycles. The highest BCUT2D eigenvalue weighted by molar-refractivity contribution is 7.14. The van der Waals surface area contributed by atoms with E-state index in [0.29, 0.717) is 5.13 Å². The Labute approximate surface area is 102 Å². The molecule has 3 aromatic rings. The van der Waals surface area contributed by atoms with Crippen molar-refractivity contribution in [3.8, 4) is 11.3 Å². The van der Waals surface area contributed by atoms with Gasteiger partial charge in [0.2, 0.25) is 0 Å². The summed E-state index contributed by atoms with van der Waals surface area (Å²) in [6.45, 7) is 1.94. The van der Waals surface area contributed by atoms with Crippen LogP contribution in [0.2, 0.25) is 0 Å². The lowest BCUT2D eigenvalue weighted by Gasteiger charge is -1.96. The van der Waals surface area contributed by atoms with Gasteiger partial charge in [0.05, 0.1) is 16.7 Å². The van der Waals surface area contributed by atoms with Crippen LogP contribution in [0, 0.1) is 6.92 Å². The molecule has 0 bridgehead atoms. The van der Waals surface area contributed by atoms with Crippen molar-refractivity contribution in [2.24, 2.45) is 5.84 Å². The lowest BCUT2D eigenvalue weighted by atomic mass is 10.1. The molecule has 0 fully saturated rings. The summed E-state index contributed by atoms with van der Waals surface area (Å²) in [5, 5.41) is 2.68. The number of aromatic amines is 1. The minimum Gasteiger partial charge on any atom is -0.342 e. The Kier molecular flexibility index (Phi) is 2.31. The van der Waals surface area contributed by atoms with E-state index in [-0.39, 0.29) is 0 Å². The van der Waals surface area contributed by atoms with Gasteiger partial charge in [0.15, 0.2) is 5.13 Å². The second kappa shape index (κ2) is 3.83. The molecule has 0 saturated carbocycles. The average Bonchev–Trinajstić information content (AvgIpc) is 2.92. The molecule has 17 heavy (non-hydrogen) atoms. The summed E-state index contributed by atoms with van der Waals surface area (Å²) in [6, 6.07) is 6.05. The molecule has 2 heterocycles. The Balaban J connectivity index is 2.10. The van der Waals surface area contributed by atoms with Gasteiger partial charge in [0.25, 0.3) is 0 Å². The van der Waals surface area contributed by atoms with Crippen LogP contribution in [0.25, 0.3) is 22.3 Å². The van der Waals surface area contributed by atoms with E-state index in [4.69, 9.17) is 5.84 Å². The maximum absolute atomic E-state index is 5.32. The number of fused-ring (bicyclic) bond motifs is 1. The van der Waals surface area contributed by atoms with E-state index in [1.165, 1.54) is 11.3 Å². The molecule has 5 nitrogen and oxygen atoms in total. The Hall–Kier alpha value is -1.92. The molecule has 0 spiro atoms. The topological polar surface area (TPSA) is 79.6 Å². The minimum atomic E-state index is 0.709. The van der Waals surface area contributed by atoms with Gasteiger partial charge < -0.3 is 4.98 Å². The number of imidazole rings is 1. The van der Waals surface area contributed by atoms with E-state index in [1.54, 1.807) is 0 Å². The van der Waals surface area contributed by atoms with Crippen LogP contribution in [-0.4, -0.2) is 15.0 Å². The van der Waals surface area contributed by atoms with Gasteiger partial charge in [-0.2, -0.15) is 0 Å². The van der Waals surface area contributed by atoms with E-state index in [0.717, 1.165) is 28.1 Å². The number of hydrogen-bond acceptors (Lipinski definition) is 5. The molecular weight excluding hydrogens is 234 g/mol. The molecule has 6 heteroatoms. The maximum atomic E-state index is 5.32. The summed E-state index contributed by atoms with van der Waals surface area (Å²) in [4.78, 5) is 11.9. The minimum absolute atomic E-state index is 0.709. The van der Waals surface area contributed by atoms with E-state index in [1.807, 2.05) is 30.5 Å². The lowest BCUT2D eigenvalue weighted by Crippen LogP contribution is -2.05. The number of nitrogen functional groups attached to an aromatic ring is 1. The van der Waals surface area contributed by atoms with Crippen molar-refractivity contribution >= 4 is 27.5 Å². The molecule has 3 rings (SSSR count). The number of nitrogens with one attached hydrogen (secondary N) is 2. The zero-order chi connectivity index (χ0) is 11.8. The molecule has 4 N–H and O–H groups in total. The molecule has 0 aliphatic carbocycles. The van der Waals surface area contributed by atoms with Crippen LogP contribution >= 0.6 is 11.3 Å². The number of hydrogen-bond donors (Lipinski definition) is 3. The number of H-pyrrole nitrogens is 1. The molecular formula is C11H11N5S. The van der Waals surface area contributed by atoms with Crippen molar-refractivity contribution in [3.63, 3.8) is 0 Å². The Morgan fingerprint density at radius 2 is 2.24 bits per heavy atom. The number of nitrogens with zero attached hydrogens (tertiary/aromatic N) is 2. The van der Waals surface area contributed by atoms with Gasteiger partial charge in [-0.1, -0.05) is 6.07 Å². The van der Waals surface area contributed by atoms with E-state index < -0.39 is 0 Å². The SMILES string of the molecule is Cc1nc2ccc(-c3csc(NN)n3)cc2[nH]1. The Bertz CT molecular complexity index is 669. The molecule has 0 amide bonds. The van der Waals surface area contributed by atoms with Gasteiger partial charge in [-0.25, -0.2) is 15.8 Å². The normalized spacial score (nSPS) is 10.9. The first-order valence-corrected chi connectivity index (χ1v) is 6.03. The maximum Gasteiger partial charge on any atom is 0.197 e. The predicted octanol–water partition coefficient (Wildman–Crippen LogP) is 2.28. The highest BCUT2D eigenvalue weighted by Crippen LogP contribution is 2.26. The molecule has 0 atom stereocenters. The Morgan fingerprint density at radius 1 is 1.35 bits per heavy atom. The number of aromatic nitrogens is 3. The number of benzene rings is 1.